The van der Waals surface area contributed by atoms with E-state index in [2.05, 4.69) is 71.9 Å². The van der Waals surface area contributed by atoms with Crippen molar-refractivity contribution in [1.82, 2.24) is 0 Å². The summed E-state index contributed by atoms with van der Waals surface area (Å²) in [5, 5.41) is 4.16. The van der Waals surface area contributed by atoms with Gasteiger partial charge in [-0.2, -0.15) is 0 Å². The highest BCUT2D eigenvalue weighted by molar-refractivity contribution is 14.1. The molecule has 6 heteroatoms. The Kier molecular flexibility index (Phi) is 6.65. The quantitative estimate of drug-likeness (QED) is 0.435. The van der Waals surface area contributed by atoms with Crippen LogP contribution in [0.15, 0.2) is 39.3 Å². The molecule has 1 N–H and O–H groups in total. The van der Waals surface area contributed by atoms with Gasteiger partial charge in [-0.15, -0.1) is 0 Å². The number of halogens is 4. The zero-order valence-corrected chi connectivity index (χ0v) is 17.3. The molecule has 0 amide bonds. The summed E-state index contributed by atoms with van der Waals surface area (Å²) in [6, 6.07) is 9.93. The largest absolute Gasteiger partial charge is 0.492 e. The summed E-state index contributed by atoms with van der Waals surface area (Å²) in [5.74, 6) is 0.835. The minimum absolute atomic E-state index is 0.637. The standard InChI is InChI=1S/C15H13Br2ClINO/c1-2-21-15-11(16)5-9(6-12(15)17)8-20-14-4-3-10(18)7-13(14)19/h3-7,20H,2,8H2,1H3. The molecule has 0 fully saturated rings. The van der Waals surface area contributed by atoms with Crippen molar-refractivity contribution in [2.75, 3.05) is 11.9 Å². The number of ether oxygens (including phenoxy) is 1. The van der Waals surface area contributed by atoms with Gasteiger partial charge in [0.1, 0.15) is 5.75 Å². The molecule has 2 aromatic rings. The van der Waals surface area contributed by atoms with E-state index in [0.717, 1.165) is 41.1 Å². The number of hydrogen-bond acceptors (Lipinski definition) is 2. The smallest absolute Gasteiger partial charge is 0.147 e. The van der Waals surface area contributed by atoms with Crippen molar-refractivity contribution in [2.45, 2.75) is 13.5 Å². The maximum atomic E-state index is 5.96. The molecule has 0 bridgehead atoms. The van der Waals surface area contributed by atoms with E-state index >= 15 is 0 Å². The molecule has 0 aliphatic heterocycles. The van der Waals surface area contributed by atoms with Crippen molar-refractivity contribution < 1.29 is 4.74 Å². The van der Waals surface area contributed by atoms with Gasteiger partial charge in [-0.05, 0) is 97.3 Å². The summed E-state index contributed by atoms with van der Waals surface area (Å²) < 4.78 is 8.58. The first-order valence-corrected chi connectivity index (χ1v) is 9.35. The summed E-state index contributed by atoms with van der Waals surface area (Å²) in [4.78, 5) is 0. The summed E-state index contributed by atoms with van der Waals surface area (Å²) in [6.07, 6.45) is 0. The fraction of sp³-hybridized carbons (Fsp3) is 0.200. The molecule has 0 radical (unpaired) electrons. The molecular weight excluding hydrogens is 532 g/mol. The third-order valence-corrected chi connectivity index (χ3v) is 5.07. The molecule has 0 heterocycles. The molecule has 0 aliphatic carbocycles. The second-order valence-corrected chi connectivity index (χ2v) is 7.61. The first kappa shape index (κ1) is 17.4. The average molecular weight is 545 g/mol. The van der Waals surface area contributed by atoms with Gasteiger partial charge in [-0.25, -0.2) is 0 Å². The van der Waals surface area contributed by atoms with E-state index in [1.165, 1.54) is 0 Å². The predicted octanol–water partition coefficient (Wildman–Crippen LogP) is 6.48. The number of hydrogen-bond donors (Lipinski definition) is 1. The minimum Gasteiger partial charge on any atom is -0.492 e. The van der Waals surface area contributed by atoms with Crippen LogP contribution in [0.25, 0.3) is 0 Å². The molecule has 0 aliphatic rings. The first-order chi connectivity index (χ1) is 10.0. The van der Waals surface area contributed by atoms with E-state index in [4.69, 9.17) is 16.3 Å². The van der Waals surface area contributed by atoms with E-state index in [9.17, 15) is 0 Å². The lowest BCUT2D eigenvalue weighted by atomic mass is 10.2. The summed E-state index contributed by atoms with van der Waals surface area (Å²) in [7, 11) is 0. The highest BCUT2D eigenvalue weighted by Crippen LogP contribution is 2.35. The Morgan fingerprint density at radius 1 is 1.19 bits per heavy atom. The SMILES string of the molecule is CCOc1c(Br)cc(CNc2ccc(Cl)cc2I)cc1Br. The van der Waals surface area contributed by atoms with Gasteiger partial charge in [0.2, 0.25) is 0 Å². The number of benzene rings is 2. The van der Waals surface area contributed by atoms with E-state index in [-0.39, 0.29) is 0 Å². The predicted molar refractivity (Wildman–Crippen MR) is 105 cm³/mol. The van der Waals surface area contributed by atoms with Crippen LogP contribution in [0.1, 0.15) is 12.5 Å². The summed E-state index contributed by atoms with van der Waals surface area (Å²) in [6.45, 7) is 3.33. The summed E-state index contributed by atoms with van der Waals surface area (Å²) in [5.41, 5.74) is 2.23. The van der Waals surface area contributed by atoms with Crippen molar-refractivity contribution in [3.8, 4) is 5.75 Å². The van der Waals surface area contributed by atoms with E-state index in [1.807, 2.05) is 25.1 Å². The molecule has 0 spiro atoms. The molecule has 2 rings (SSSR count). The second-order valence-electron chi connectivity index (χ2n) is 4.30. The molecule has 0 aromatic heterocycles. The molecule has 21 heavy (non-hydrogen) atoms. The molecular formula is C15H13Br2ClINO. The van der Waals surface area contributed by atoms with Gasteiger partial charge in [0.15, 0.2) is 0 Å². The second kappa shape index (κ2) is 8.04. The van der Waals surface area contributed by atoms with Crippen LogP contribution in [0.4, 0.5) is 5.69 Å². The maximum Gasteiger partial charge on any atom is 0.147 e. The minimum atomic E-state index is 0.637. The Balaban J connectivity index is 2.13. The van der Waals surface area contributed by atoms with E-state index in [1.54, 1.807) is 0 Å². The normalized spacial score (nSPS) is 10.5. The topological polar surface area (TPSA) is 21.3 Å². The lowest BCUT2D eigenvalue weighted by Crippen LogP contribution is -2.02. The van der Waals surface area contributed by atoms with Crippen LogP contribution in [-0.2, 0) is 6.54 Å². The fourth-order valence-corrected chi connectivity index (χ4v) is 4.40. The molecule has 0 saturated heterocycles. The lowest BCUT2D eigenvalue weighted by Gasteiger charge is -2.13. The monoisotopic (exact) mass is 543 g/mol. The Bertz CT molecular complexity index is 629. The van der Waals surface area contributed by atoms with Gasteiger partial charge < -0.3 is 10.1 Å². The Morgan fingerprint density at radius 3 is 2.43 bits per heavy atom. The molecule has 2 aromatic carbocycles. The van der Waals surface area contributed by atoms with Crippen LogP contribution in [0.5, 0.6) is 5.75 Å². The van der Waals surface area contributed by atoms with Crippen molar-refractivity contribution in [2.24, 2.45) is 0 Å². The van der Waals surface area contributed by atoms with Gasteiger partial charge in [0.25, 0.3) is 0 Å². The lowest BCUT2D eigenvalue weighted by molar-refractivity contribution is 0.336. The highest BCUT2D eigenvalue weighted by atomic mass is 127. The number of nitrogens with one attached hydrogen (secondary N) is 1. The van der Waals surface area contributed by atoms with Crippen LogP contribution in [-0.4, -0.2) is 6.61 Å². The van der Waals surface area contributed by atoms with Gasteiger partial charge >= 0.3 is 0 Å². The van der Waals surface area contributed by atoms with Gasteiger partial charge in [-0.3, -0.25) is 0 Å². The molecule has 2 nitrogen and oxygen atoms in total. The summed E-state index contributed by atoms with van der Waals surface area (Å²) >= 11 is 15.3. The van der Waals surface area contributed by atoms with E-state index < -0.39 is 0 Å². The Hall–Kier alpha value is 0.0200. The number of anilines is 1. The molecule has 0 atom stereocenters. The molecule has 112 valence electrons. The zero-order valence-electron chi connectivity index (χ0n) is 11.2. The highest BCUT2D eigenvalue weighted by Gasteiger charge is 2.09. The molecule has 0 unspecified atom stereocenters. The van der Waals surface area contributed by atoms with Crippen LogP contribution in [0, 0.1) is 3.57 Å². The average Bonchev–Trinajstić information content (AvgIpc) is 2.42. The van der Waals surface area contributed by atoms with Crippen LogP contribution in [0.2, 0.25) is 5.02 Å². The third-order valence-electron chi connectivity index (χ3n) is 2.76. The van der Waals surface area contributed by atoms with Crippen LogP contribution >= 0.6 is 66.1 Å². The zero-order chi connectivity index (χ0) is 15.4. The van der Waals surface area contributed by atoms with Crippen molar-refractivity contribution >= 4 is 71.7 Å². The van der Waals surface area contributed by atoms with Crippen molar-refractivity contribution in [3.63, 3.8) is 0 Å². The van der Waals surface area contributed by atoms with Crippen molar-refractivity contribution in [3.05, 3.63) is 53.4 Å². The first-order valence-electron chi connectivity index (χ1n) is 6.31. The van der Waals surface area contributed by atoms with Crippen LogP contribution in [0.3, 0.4) is 0 Å². The van der Waals surface area contributed by atoms with Gasteiger partial charge in [0.05, 0.1) is 15.6 Å². The Morgan fingerprint density at radius 2 is 1.86 bits per heavy atom. The van der Waals surface area contributed by atoms with Gasteiger partial charge in [-0.1, -0.05) is 11.6 Å². The van der Waals surface area contributed by atoms with Crippen molar-refractivity contribution in [1.29, 1.82) is 0 Å². The van der Waals surface area contributed by atoms with E-state index in [0.29, 0.717) is 6.61 Å². The third kappa shape index (κ3) is 4.74. The van der Waals surface area contributed by atoms with Crippen LogP contribution < -0.4 is 10.1 Å². The van der Waals surface area contributed by atoms with Gasteiger partial charge in [0, 0.05) is 20.8 Å². The maximum absolute atomic E-state index is 5.96. The Labute approximate surface area is 160 Å². The molecule has 0 saturated carbocycles. The number of rotatable bonds is 5. The fourth-order valence-electron chi connectivity index (χ4n) is 1.83.